The Hall–Kier alpha value is -4.72. The summed E-state index contributed by atoms with van der Waals surface area (Å²) in [6, 6.07) is 17.7. The fraction of sp³-hybridized carbons (Fsp3) is 0.226. The molecule has 1 aliphatic carbocycles. The zero-order valence-corrected chi connectivity index (χ0v) is 22.3. The zero-order valence-electron chi connectivity index (χ0n) is 22.3. The van der Waals surface area contributed by atoms with Crippen molar-refractivity contribution in [3.63, 3.8) is 0 Å². The van der Waals surface area contributed by atoms with Gasteiger partial charge in [-0.1, -0.05) is 31.2 Å². The van der Waals surface area contributed by atoms with Crippen molar-refractivity contribution >= 4 is 35.0 Å². The van der Waals surface area contributed by atoms with Gasteiger partial charge in [0.25, 0.3) is 0 Å². The summed E-state index contributed by atoms with van der Waals surface area (Å²) in [5, 5.41) is 0. The van der Waals surface area contributed by atoms with Crippen LogP contribution in [0.4, 0.5) is 0 Å². The van der Waals surface area contributed by atoms with Crippen LogP contribution < -0.4 is 18.9 Å². The summed E-state index contributed by atoms with van der Waals surface area (Å²) in [5.74, 6) is -0.544. The van der Waals surface area contributed by atoms with Crippen LogP contribution in [0, 0.1) is 0 Å². The minimum absolute atomic E-state index is 0.185. The van der Waals surface area contributed by atoms with Crippen LogP contribution >= 0.6 is 0 Å². The number of carbonyl (C=O) groups is 4. The van der Waals surface area contributed by atoms with Gasteiger partial charge in [0.2, 0.25) is 0 Å². The standard InChI is InChI=1S/C31H28O8/c1-17-30(23-8-12-25(13-9-23)37-19(3)33)27(14-22-6-10-24(11-7-22)36-18(2)32)28-15-26(38-20(4)34)16-29(31(17)28)39-21(5)35/h6-13,15-17H,14H2,1-5H3/t17-/m1/s1. The van der Waals surface area contributed by atoms with E-state index >= 15 is 0 Å². The number of benzene rings is 3. The van der Waals surface area contributed by atoms with Gasteiger partial charge in [0.15, 0.2) is 0 Å². The van der Waals surface area contributed by atoms with Crippen LogP contribution in [-0.2, 0) is 25.6 Å². The van der Waals surface area contributed by atoms with Gasteiger partial charge in [0.1, 0.15) is 23.0 Å². The van der Waals surface area contributed by atoms with Crippen molar-refractivity contribution in [1.82, 2.24) is 0 Å². The van der Waals surface area contributed by atoms with Gasteiger partial charge in [0.05, 0.1) is 0 Å². The lowest BCUT2D eigenvalue weighted by Crippen LogP contribution is -2.08. The fourth-order valence-electron chi connectivity index (χ4n) is 4.84. The molecule has 8 heteroatoms. The van der Waals surface area contributed by atoms with E-state index in [0.717, 1.165) is 33.4 Å². The largest absolute Gasteiger partial charge is 0.427 e. The number of ether oxygens (including phenoxy) is 4. The first kappa shape index (κ1) is 27.3. The smallest absolute Gasteiger partial charge is 0.308 e. The fourth-order valence-corrected chi connectivity index (χ4v) is 4.84. The molecule has 0 radical (unpaired) electrons. The summed E-state index contributed by atoms with van der Waals surface area (Å²) in [4.78, 5) is 46.5. The molecule has 4 rings (SSSR count). The van der Waals surface area contributed by atoms with Gasteiger partial charge in [-0.2, -0.15) is 0 Å². The Morgan fingerprint density at radius 1 is 0.641 bits per heavy atom. The molecule has 39 heavy (non-hydrogen) atoms. The van der Waals surface area contributed by atoms with Crippen molar-refractivity contribution in [3.05, 3.63) is 82.9 Å². The van der Waals surface area contributed by atoms with Gasteiger partial charge in [0, 0.05) is 45.2 Å². The summed E-state index contributed by atoms with van der Waals surface area (Å²) in [5.41, 5.74) is 5.36. The molecule has 0 saturated heterocycles. The quantitative estimate of drug-likeness (QED) is 0.286. The topological polar surface area (TPSA) is 105 Å². The van der Waals surface area contributed by atoms with E-state index in [9.17, 15) is 19.2 Å². The van der Waals surface area contributed by atoms with Crippen molar-refractivity contribution in [2.24, 2.45) is 0 Å². The molecule has 0 unspecified atom stereocenters. The van der Waals surface area contributed by atoms with E-state index in [0.29, 0.717) is 23.7 Å². The molecule has 200 valence electrons. The molecule has 3 aromatic carbocycles. The van der Waals surface area contributed by atoms with E-state index in [1.54, 1.807) is 36.4 Å². The predicted octanol–water partition coefficient (Wildman–Crippen LogP) is 5.66. The van der Waals surface area contributed by atoms with E-state index in [1.165, 1.54) is 27.7 Å². The Balaban J connectivity index is 1.86. The Labute approximate surface area is 226 Å². The normalized spacial score (nSPS) is 13.9. The molecule has 8 nitrogen and oxygen atoms in total. The van der Waals surface area contributed by atoms with Crippen molar-refractivity contribution in [1.29, 1.82) is 0 Å². The van der Waals surface area contributed by atoms with E-state index in [1.807, 2.05) is 31.2 Å². The molecular formula is C31H28O8. The Kier molecular flexibility index (Phi) is 7.95. The number of hydrogen-bond donors (Lipinski definition) is 0. The minimum Gasteiger partial charge on any atom is -0.427 e. The highest BCUT2D eigenvalue weighted by atomic mass is 16.5. The molecule has 0 bridgehead atoms. The highest BCUT2D eigenvalue weighted by molar-refractivity contribution is 6.01. The van der Waals surface area contributed by atoms with Crippen molar-refractivity contribution in [3.8, 4) is 23.0 Å². The average molecular weight is 529 g/mol. The minimum atomic E-state index is -0.498. The average Bonchev–Trinajstić information content (AvgIpc) is 3.10. The first-order valence-corrected chi connectivity index (χ1v) is 12.4. The third-order valence-corrected chi connectivity index (χ3v) is 6.14. The SMILES string of the molecule is CC(=O)Oc1ccc(CC2=C(c3ccc(OC(C)=O)cc3)[C@@H](C)c3c(OC(C)=O)cc(OC(C)=O)cc32)cc1. The summed E-state index contributed by atoms with van der Waals surface area (Å²) >= 11 is 0. The van der Waals surface area contributed by atoms with Gasteiger partial charge in [-0.05, 0) is 64.6 Å². The molecule has 0 amide bonds. The third kappa shape index (κ3) is 6.41. The number of hydrogen-bond acceptors (Lipinski definition) is 8. The van der Waals surface area contributed by atoms with E-state index < -0.39 is 23.9 Å². The second kappa shape index (κ2) is 11.3. The second-order valence-electron chi connectivity index (χ2n) is 9.22. The predicted molar refractivity (Wildman–Crippen MR) is 143 cm³/mol. The van der Waals surface area contributed by atoms with Crippen LogP contribution in [0.15, 0.2) is 60.7 Å². The lowest BCUT2D eigenvalue weighted by molar-refractivity contribution is -0.133. The van der Waals surface area contributed by atoms with Crippen LogP contribution in [0.25, 0.3) is 11.1 Å². The Morgan fingerprint density at radius 3 is 1.64 bits per heavy atom. The number of allylic oxidation sites excluding steroid dienone is 2. The van der Waals surface area contributed by atoms with Gasteiger partial charge >= 0.3 is 23.9 Å². The Morgan fingerprint density at radius 2 is 1.13 bits per heavy atom. The van der Waals surface area contributed by atoms with E-state index in [4.69, 9.17) is 18.9 Å². The molecule has 1 aliphatic rings. The maximum atomic E-state index is 12.0. The lowest BCUT2D eigenvalue weighted by Gasteiger charge is -2.16. The lowest BCUT2D eigenvalue weighted by atomic mass is 9.90. The first-order chi connectivity index (χ1) is 18.5. The second-order valence-corrected chi connectivity index (χ2v) is 9.22. The van der Waals surface area contributed by atoms with Crippen molar-refractivity contribution in [2.75, 3.05) is 0 Å². The summed E-state index contributed by atoms with van der Waals surface area (Å²) < 4.78 is 21.3. The maximum absolute atomic E-state index is 12.0. The molecule has 0 fully saturated rings. The maximum Gasteiger partial charge on any atom is 0.308 e. The molecule has 3 aromatic rings. The van der Waals surface area contributed by atoms with Crippen molar-refractivity contribution in [2.45, 2.75) is 47.0 Å². The van der Waals surface area contributed by atoms with E-state index in [2.05, 4.69) is 0 Å². The molecule has 1 atom stereocenters. The molecule has 0 aliphatic heterocycles. The number of fused-ring (bicyclic) bond motifs is 1. The first-order valence-electron chi connectivity index (χ1n) is 12.4. The summed E-state index contributed by atoms with van der Waals surface area (Å²) in [6.45, 7) is 7.32. The summed E-state index contributed by atoms with van der Waals surface area (Å²) in [6.07, 6.45) is 0.488. The number of esters is 4. The van der Waals surface area contributed by atoms with Crippen LogP contribution in [0.5, 0.6) is 23.0 Å². The number of carbonyl (C=O) groups excluding carboxylic acids is 4. The zero-order chi connectivity index (χ0) is 28.3. The molecule has 0 saturated carbocycles. The van der Waals surface area contributed by atoms with Gasteiger partial charge in [-0.15, -0.1) is 0 Å². The Bertz CT molecular complexity index is 1480. The summed E-state index contributed by atoms with van der Waals surface area (Å²) in [7, 11) is 0. The molecule has 0 N–H and O–H groups in total. The highest BCUT2D eigenvalue weighted by Gasteiger charge is 2.33. The monoisotopic (exact) mass is 528 g/mol. The van der Waals surface area contributed by atoms with Gasteiger partial charge in [-0.3, -0.25) is 19.2 Å². The van der Waals surface area contributed by atoms with Crippen molar-refractivity contribution < 1.29 is 38.1 Å². The number of rotatable bonds is 7. The van der Waals surface area contributed by atoms with E-state index in [-0.39, 0.29) is 11.7 Å². The third-order valence-electron chi connectivity index (χ3n) is 6.14. The van der Waals surface area contributed by atoms with Crippen LogP contribution in [0.1, 0.15) is 62.8 Å². The molecular weight excluding hydrogens is 500 g/mol. The van der Waals surface area contributed by atoms with Gasteiger partial charge in [-0.25, -0.2) is 0 Å². The van der Waals surface area contributed by atoms with Crippen LogP contribution in [0.2, 0.25) is 0 Å². The molecule has 0 spiro atoms. The highest BCUT2D eigenvalue weighted by Crippen LogP contribution is 2.52. The molecule has 0 aromatic heterocycles. The van der Waals surface area contributed by atoms with Crippen LogP contribution in [0.3, 0.4) is 0 Å². The molecule has 0 heterocycles. The van der Waals surface area contributed by atoms with Crippen LogP contribution in [-0.4, -0.2) is 23.9 Å². The van der Waals surface area contributed by atoms with Gasteiger partial charge < -0.3 is 18.9 Å².